The molecule has 1 fully saturated rings. The van der Waals surface area contributed by atoms with Crippen LogP contribution in [0.2, 0.25) is 0 Å². The molecule has 0 aliphatic heterocycles. The average Bonchev–Trinajstić information content (AvgIpc) is 2.57. The number of rotatable bonds is 4. The standard InChI is InChI=1S/C20H22F2O3S/c1-20(23)10-8-14(9-11-20)13-26(24,25)17-5-2-15(3-6-17)18-7-4-16(21)12-19(18)22/h2-7,12,14,23H,8-11,13H2,1H3/t14-,20-. The van der Waals surface area contributed by atoms with Gasteiger partial charge in [-0.1, -0.05) is 12.1 Å². The van der Waals surface area contributed by atoms with Gasteiger partial charge in [0.15, 0.2) is 9.84 Å². The van der Waals surface area contributed by atoms with Gasteiger partial charge in [-0.05, 0) is 68.4 Å². The first kappa shape index (κ1) is 19.0. The molecule has 140 valence electrons. The van der Waals surface area contributed by atoms with E-state index in [0.717, 1.165) is 6.07 Å². The largest absolute Gasteiger partial charge is 0.390 e. The molecule has 3 rings (SSSR count). The van der Waals surface area contributed by atoms with Gasteiger partial charge >= 0.3 is 0 Å². The molecule has 1 aliphatic carbocycles. The van der Waals surface area contributed by atoms with Gasteiger partial charge in [0.05, 0.1) is 16.2 Å². The minimum atomic E-state index is -3.45. The molecule has 1 saturated carbocycles. The number of benzene rings is 2. The Morgan fingerprint density at radius 1 is 1.08 bits per heavy atom. The lowest BCUT2D eigenvalue weighted by Crippen LogP contribution is -2.32. The fourth-order valence-electron chi connectivity index (χ4n) is 3.44. The van der Waals surface area contributed by atoms with Crippen molar-refractivity contribution in [1.82, 2.24) is 0 Å². The first-order valence-electron chi connectivity index (χ1n) is 8.67. The van der Waals surface area contributed by atoms with Gasteiger partial charge in [0.25, 0.3) is 0 Å². The van der Waals surface area contributed by atoms with Crippen LogP contribution < -0.4 is 0 Å². The molecule has 2 aromatic carbocycles. The van der Waals surface area contributed by atoms with Crippen LogP contribution in [0.1, 0.15) is 32.6 Å². The van der Waals surface area contributed by atoms with Crippen LogP contribution in [-0.4, -0.2) is 24.9 Å². The summed E-state index contributed by atoms with van der Waals surface area (Å²) in [7, 11) is -3.45. The maximum Gasteiger partial charge on any atom is 0.178 e. The number of sulfone groups is 1. The highest BCUT2D eigenvalue weighted by molar-refractivity contribution is 7.91. The molecule has 0 radical (unpaired) electrons. The van der Waals surface area contributed by atoms with Gasteiger partial charge in [-0.15, -0.1) is 0 Å². The number of halogens is 2. The SMILES string of the molecule is C[C@]1(O)CC[C@H](CS(=O)(=O)c2ccc(-c3ccc(F)cc3F)cc2)CC1. The summed E-state index contributed by atoms with van der Waals surface area (Å²) in [6.07, 6.45) is 2.59. The molecule has 0 unspecified atom stereocenters. The average molecular weight is 380 g/mol. The predicted octanol–water partition coefficient (Wildman–Crippen LogP) is 4.35. The summed E-state index contributed by atoms with van der Waals surface area (Å²) < 4.78 is 52.2. The molecule has 0 atom stereocenters. The van der Waals surface area contributed by atoms with Crippen molar-refractivity contribution in [2.24, 2.45) is 5.92 Å². The second kappa shape index (κ2) is 7.08. The van der Waals surface area contributed by atoms with Crippen molar-refractivity contribution in [3.8, 4) is 11.1 Å². The van der Waals surface area contributed by atoms with E-state index in [2.05, 4.69) is 0 Å². The maximum absolute atomic E-state index is 13.9. The molecule has 26 heavy (non-hydrogen) atoms. The number of aliphatic hydroxyl groups is 1. The molecule has 0 saturated heterocycles. The van der Waals surface area contributed by atoms with Crippen LogP contribution in [0.3, 0.4) is 0 Å². The fraction of sp³-hybridized carbons (Fsp3) is 0.400. The maximum atomic E-state index is 13.9. The van der Waals surface area contributed by atoms with Gasteiger partial charge in [-0.2, -0.15) is 0 Å². The topological polar surface area (TPSA) is 54.4 Å². The van der Waals surface area contributed by atoms with E-state index >= 15 is 0 Å². The van der Waals surface area contributed by atoms with Crippen LogP contribution in [-0.2, 0) is 9.84 Å². The molecule has 1 N–H and O–H groups in total. The van der Waals surface area contributed by atoms with E-state index in [1.807, 2.05) is 0 Å². The van der Waals surface area contributed by atoms with Crippen molar-refractivity contribution in [3.63, 3.8) is 0 Å². The second-order valence-corrected chi connectivity index (χ2v) is 9.40. The van der Waals surface area contributed by atoms with Crippen LogP contribution in [0.25, 0.3) is 11.1 Å². The molecule has 2 aromatic rings. The minimum absolute atomic E-state index is 0.0365. The fourth-order valence-corrected chi connectivity index (χ4v) is 5.14. The molecule has 0 aromatic heterocycles. The first-order valence-corrected chi connectivity index (χ1v) is 10.3. The zero-order valence-corrected chi connectivity index (χ0v) is 15.4. The first-order chi connectivity index (χ1) is 12.2. The van der Waals surface area contributed by atoms with Crippen LogP contribution >= 0.6 is 0 Å². The van der Waals surface area contributed by atoms with Gasteiger partial charge < -0.3 is 5.11 Å². The van der Waals surface area contributed by atoms with Gasteiger partial charge in [0.1, 0.15) is 11.6 Å². The van der Waals surface area contributed by atoms with Crippen molar-refractivity contribution >= 4 is 9.84 Å². The van der Waals surface area contributed by atoms with E-state index in [1.165, 1.54) is 36.4 Å². The Bertz CT molecular complexity index is 880. The van der Waals surface area contributed by atoms with E-state index in [0.29, 0.717) is 31.2 Å². The lowest BCUT2D eigenvalue weighted by molar-refractivity contribution is 0.0108. The monoisotopic (exact) mass is 380 g/mol. The highest BCUT2D eigenvalue weighted by Gasteiger charge is 2.31. The lowest BCUT2D eigenvalue weighted by atomic mass is 9.81. The Hall–Kier alpha value is -1.79. The molecule has 0 heterocycles. The Labute approximate surface area is 152 Å². The van der Waals surface area contributed by atoms with Crippen molar-refractivity contribution in [2.75, 3.05) is 5.75 Å². The Kier molecular flexibility index (Phi) is 5.17. The zero-order valence-electron chi connectivity index (χ0n) is 14.6. The summed E-state index contributed by atoms with van der Waals surface area (Å²) in [4.78, 5) is 0.195. The molecular weight excluding hydrogens is 358 g/mol. The minimum Gasteiger partial charge on any atom is -0.390 e. The molecule has 6 heteroatoms. The third-order valence-electron chi connectivity index (χ3n) is 5.09. The third-order valence-corrected chi connectivity index (χ3v) is 6.99. The van der Waals surface area contributed by atoms with Crippen LogP contribution in [0.4, 0.5) is 8.78 Å². The summed E-state index contributed by atoms with van der Waals surface area (Å²) >= 11 is 0. The Morgan fingerprint density at radius 2 is 1.69 bits per heavy atom. The molecule has 1 aliphatic rings. The van der Waals surface area contributed by atoms with Crippen molar-refractivity contribution in [2.45, 2.75) is 43.1 Å². The summed E-state index contributed by atoms with van der Waals surface area (Å²) in [5, 5.41) is 9.98. The van der Waals surface area contributed by atoms with Gasteiger partial charge in [0, 0.05) is 11.6 Å². The zero-order chi connectivity index (χ0) is 18.9. The molecule has 0 amide bonds. The Morgan fingerprint density at radius 3 is 2.27 bits per heavy atom. The second-order valence-electron chi connectivity index (χ2n) is 7.37. The quantitative estimate of drug-likeness (QED) is 0.858. The van der Waals surface area contributed by atoms with E-state index in [-0.39, 0.29) is 22.1 Å². The van der Waals surface area contributed by atoms with Crippen molar-refractivity contribution in [3.05, 3.63) is 54.1 Å². The van der Waals surface area contributed by atoms with Crippen molar-refractivity contribution in [1.29, 1.82) is 0 Å². The summed E-state index contributed by atoms with van der Waals surface area (Å²) in [6, 6.07) is 9.31. The van der Waals surface area contributed by atoms with Crippen LogP contribution in [0.5, 0.6) is 0 Å². The summed E-state index contributed by atoms with van der Waals surface area (Å²) in [5.41, 5.74) is 0.0289. The molecule has 0 bridgehead atoms. The third kappa shape index (κ3) is 4.30. The normalized spacial score (nSPS) is 23.8. The van der Waals surface area contributed by atoms with Gasteiger partial charge in [-0.25, -0.2) is 17.2 Å². The van der Waals surface area contributed by atoms with E-state index in [1.54, 1.807) is 6.92 Å². The van der Waals surface area contributed by atoms with Crippen LogP contribution in [0, 0.1) is 17.6 Å². The smallest absolute Gasteiger partial charge is 0.178 e. The predicted molar refractivity (Wildman–Crippen MR) is 96.4 cm³/mol. The van der Waals surface area contributed by atoms with Crippen molar-refractivity contribution < 1.29 is 22.3 Å². The number of hydrogen-bond donors (Lipinski definition) is 1. The van der Waals surface area contributed by atoms with E-state index in [9.17, 15) is 22.3 Å². The van der Waals surface area contributed by atoms with Gasteiger partial charge in [0.2, 0.25) is 0 Å². The van der Waals surface area contributed by atoms with Gasteiger partial charge in [-0.3, -0.25) is 0 Å². The van der Waals surface area contributed by atoms with E-state index in [4.69, 9.17) is 0 Å². The molecule has 0 spiro atoms. The number of hydrogen-bond acceptors (Lipinski definition) is 3. The lowest BCUT2D eigenvalue weighted by Gasteiger charge is -2.32. The molecular formula is C20H22F2O3S. The Balaban J connectivity index is 1.75. The summed E-state index contributed by atoms with van der Waals surface area (Å²) in [5.74, 6) is -1.26. The highest BCUT2D eigenvalue weighted by Crippen LogP contribution is 2.33. The van der Waals surface area contributed by atoms with E-state index < -0.39 is 27.1 Å². The summed E-state index contributed by atoms with van der Waals surface area (Å²) in [6.45, 7) is 1.78. The highest BCUT2D eigenvalue weighted by atomic mass is 32.2. The van der Waals surface area contributed by atoms with Crippen LogP contribution in [0.15, 0.2) is 47.4 Å². The molecule has 3 nitrogen and oxygen atoms in total.